The Labute approximate surface area is 443 Å². The van der Waals surface area contributed by atoms with E-state index in [1.165, 1.54) is 67.3 Å². The number of aromatic nitrogens is 4. The molecule has 0 fully saturated rings. The number of hydrogen-bond acceptors (Lipinski definition) is 11. The minimum atomic E-state index is -1.42. The summed E-state index contributed by atoms with van der Waals surface area (Å²) in [6.07, 6.45) is 5.86. The zero-order chi connectivity index (χ0) is 49.2. The molecule has 4 aromatic heterocycles. The van der Waals surface area contributed by atoms with Gasteiger partial charge >= 0.3 is 65.1 Å². The normalized spacial score (nSPS) is 10.3. The van der Waals surface area contributed by atoms with Gasteiger partial charge in [-0.15, -0.1) is 0 Å². The minimum Gasteiger partial charge on any atom is -0.548 e. The van der Waals surface area contributed by atoms with Gasteiger partial charge in [-0.05, 0) is 59.7 Å². The van der Waals surface area contributed by atoms with Crippen molar-refractivity contribution in [3.63, 3.8) is 0 Å². The molecule has 0 unspecified atom stereocenters. The third kappa shape index (κ3) is 15.3. The number of nitrogens with zero attached hydrogens (tertiary/aromatic N) is 4. The molecular formula is C45H44N12Na2O11. The first-order valence-electron chi connectivity index (χ1n) is 20.4. The molecule has 0 radical (unpaired) electrons. The summed E-state index contributed by atoms with van der Waals surface area (Å²) >= 11 is 0. The number of urea groups is 1. The Kier molecular flexibility index (Phi) is 19.5. The maximum absolute atomic E-state index is 13.3. The van der Waals surface area contributed by atoms with Crippen LogP contribution < -0.4 is 112 Å². The summed E-state index contributed by atoms with van der Waals surface area (Å²) < 4.78 is 5.99. The number of carboxylic acid groups (broad SMARTS) is 2. The van der Waals surface area contributed by atoms with Crippen LogP contribution in [0.4, 0.5) is 38.9 Å². The Balaban J connectivity index is 0.00000533. The molecule has 25 heteroatoms. The number of amides is 8. The van der Waals surface area contributed by atoms with Crippen molar-refractivity contribution >= 4 is 87.5 Å². The molecule has 0 aliphatic heterocycles. The maximum Gasteiger partial charge on any atom is 1.00 e. The van der Waals surface area contributed by atoms with Crippen molar-refractivity contribution in [3.8, 4) is 0 Å². The van der Waals surface area contributed by atoms with E-state index < -0.39 is 66.5 Å². The van der Waals surface area contributed by atoms with Crippen molar-refractivity contribution < 1.29 is 112 Å². The molecule has 0 saturated heterocycles. The number of aryl methyl sites for hydroxylation is 4. The summed E-state index contributed by atoms with van der Waals surface area (Å²) in [6.45, 7) is -1.25. The number of hydrogen-bond donors (Lipinski definition) is 8. The molecule has 0 aliphatic carbocycles. The fourth-order valence-corrected chi connectivity index (χ4v) is 6.86. The number of carboxylic acids is 2. The number of carbonyl (C=O) groups is 9. The van der Waals surface area contributed by atoms with Crippen LogP contribution >= 0.6 is 0 Å². The van der Waals surface area contributed by atoms with Crippen molar-refractivity contribution in [2.24, 2.45) is 28.2 Å². The molecule has 0 aliphatic rings. The summed E-state index contributed by atoms with van der Waals surface area (Å²) in [7, 11) is 6.43. The van der Waals surface area contributed by atoms with E-state index in [-0.39, 0.29) is 106 Å². The summed E-state index contributed by atoms with van der Waals surface area (Å²) in [5.41, 5.74) is 3.68. The molecule has 70 heavy (non-hydrogen) atoms. The van der Waals surface area contributed by atoms with Crippen LogP contribution in [0.25, 0.3) is 0 Å². The van der Waals surface area contributed by atoms with E-state index in [0.717, 1.165) is 0 Å². The minimum absolute atomic E-state index is 0. The predicted molar refractivity (Wildman–Crippen MR) is 242 cm³/mol. The summed E-state index contributed by atoms with van der Waals surface area (Å²) in [5.74, 6) is -6.02. The second kappa shape index (κ2) is 24.7. The van der Waals surface area contributed by atoms with Crippen LogP contribution in [0.15, 0.2) is 97.6 Å². The Hall–Kier alpha value is -7.41. The number of anilines is 6. The van der Waals surface area contributed by atoms with Gasteiger partial charge < -0.3 is 80.6 Å². The van der Waals surface area contributed by atoms with E-state index >= 15 is 0 Å². The molecule has 6 rings (SSSR count). The quantitative estimate of drug-likeness (QED) is 0.0376. The van der Waals surface area contributed by atoms with Gasteiger partial charge in [-0.3, -0.25) is 28.8 Å². The second-order valence-corrected chi connectivity index (χ2v) is 15.3. The molecule has 0 atom stereocenters. The molecule has 0 saturated carbocycles. The topological polar surface area (TPSA) is 316 Å². The van der Waals surface area contributed by atoms with Gasteiger partial charge in [0.1, 0.15) is 22.8 Å². The van der Waals surface area contributed by atoms with Crippen LogP contribution in [0, 0.1) is 0 Å². The van der Waals surface area contributed by atoms with E-state index in [9.17, 15) is 53.4 Å². The van der Waals surface area contributed by atoms with Crippen molar-refractivity contribution in [3.05, 3.63) is 131 Å². The van der Waals surface area contributed by atoms with E-state index in [1.807, 2.05) is 0 Å². The fraction of sp³-hybridized carbons (Fsp3) is 0.178. The molecule has 2 aromatic carbocycles. The van der Waals surface area contributed by atoms with Gasteiger partial charge in [0.05, 0.1) is 60.6 Å². The van der Waals surface area contributed by atoms with E-state index in [1.54, 1.807) is 76.7 Å². The molecule has 6 aromatic rings. The Bertz CT molecular complexity index is 2790. The number of nitrogens with one attached hydrogen (secondary N) is 8. The molecular weight excluding hydrogens is 931 g/mol. The van der Waals surface area contributed by atoms with Gasteiger partial charge in [0.25, 0.3) is 23.6 Å². The molecule has 23 nitrogen and oxygen atoms in total. The maximum atomic E-state index is 13.3. The summed E-state index contributed by atoms with van der Waals surface area (Å²) in [4.78, 5) is 111. The first kappa shape index (κ1) is 55.2. The van der Waals surface area contributed by atoms with E-state index in [0.29, 0.717) is 33.9 Å². The number of rotatable bonds is 18. The SMILES string of the molecule is Cn1cc(NC(=O)Nc2cc(C(=O)Nc3cc(C(=O)Nc4cccc(CC(=O)NCC(=O)[O-])c4)n(C)c3)n(C)c2)cc1C(=O)Nc1cc(C(=O)Nc2cccc(CC(=O)NCC(=O)[O-])c2)n(C)c1.[Na+].[Na+]. The van der Waals surface area contributed by atoms with Gasteiger partial charge in [0.2, 0.25) is 11.8 Å². The second-order valence-electron chi connectivity index (χ2n) is 15.3. The number of carbonyl (C=O) groups excluding carboxylic acids is 9. The average molecular weight is 975 g/mol. The van der Waals surface area contributed by atoms with Crippen LogP contribution in [0.2, 0.25) is 0 Å². The Morgan fingerprint density at radius 3 is 1.00 bits per heavy atom. The molecule has 8 amide bonds. The van der Waals surface area contributed by atoms with Crippen LogP contribution in [0.3, 0.4) is 0 Å². The largest absolute Gasteiger partial charge is 1.00 e. The Morgan fingerprint density at radius 1 is 0.414 bits per heavy atom. The Morgan fingerprint density at radius 2 is 0.700 bits per heavy atom. The fourth-order valence-electron chi connectivity index (χ4n) is 6.86. The van der Waals surface area contributed by atoms with E-state index in [2.05, 4.69) is 42.5 Å². The molecule has 0 spiro atoms. The third-order valence-corrected chi connectivity index (χ3v) is 9.94. The number of aliphatic carboxylic acids is 2. The van der Waals surface area contributed by atoms with Crippen molar-refractivity contribution in [1.29, 1.82) is 0 Å². The van der Waals surface area contributed by atoms with Crippen molar-refractivity contribution in [1.82, 2.24) is 28.9 Å². The van der Waals surface area contributed by atoms with Crippen molar-refractivity contribution in [2.45, 2.75) is 12.8 Å². The molecule has 4 heterocycles. The first-order chi connectivity index (χ1) is 32.3. The van der Waals surface area contributed by atoms with E-state index in [4.69, 9.17) is 0 Å². The zero-order valence-corrected chi connectivity index (χ0v) is 42.8. The van der Waals surface area contributed by atoms with Gasteiger partial charge in [-0.1, -0.05) is 24.3 Å². The average Bonchev–Trinajstić information content (AvgIpc) is 4.03. The zero-order valence-electron chi connectivity index (χ0n) is 38.8. The number of benzene rings is 2. The third-order valence-electron chi connectivity index (χ3n) is 9.94. The molecule has 8 N–H and O–H groups in total. The summed E-state index contributed by atoms with van der Waals surface area (Å²) in [6, 6.07) is 18.1. The summed E-state index contributed by atoms with van der Waals surface area (Å²) in [5, 5.41) is 41.9. The monoisotopic (exact) mass is 974 g/mol. The van der Waals surface area contributed by atoms with Crippen LogP contribution in [-0.4, -0.2) is 84.8 Å². The van der Waals surface area contributed by atoms with Crippen LogP contribution in [-0.2, 0) is 60.2 Å². The first-order valence-corrected chi connectivity index (χ1v) is 20.4. The van der Waals surface area contributed by atoms with Gasteiger partial charge in [-0.25, -0.2) is 4.79 Å². The molecule has 0 bridgehead atoms. The standard InChI is InChI=1S/C45H46N12O11.2Na/c1-54-21-29(15-33(54)41(64)48-27-9-5-7-25(11-27)13-37(58)46-19-39(60)61)50-43(66)35-17-31(23-56(35)3)52-45(68)53-32-18-36(57(4)24-32)44(67)51-30-16-34(55(2)22-30)42(65)49-28-10-6-8-26(12-28)14-38(59)47-20-40(62)63;;/h5-12,15-18,21-24H,13-14,19-20H2,1-4H3,(H,46,58)(H,47,59)(H,48,64)(H,49,65)(H,50,66)(H,51,67)(H,60,61)(H,62,63)(H2,52,53,68);;/q;2*+1/p-2. The van der Waals surface area contributed by atoms with Gasteiger partial charge in [0, 0.05) is 64.4 Å². The molecule has 352 valence electrons. The predicted octanol–water partition coefficient (Wildman–Crippen LogP) is -5.48. The van der Waals surface area contributed by atoms with Gasteiger partial charge in [0.15, 0.2) is 0 Å². The van der Waals surface area contributed by atoms with Crippen LogP contribution in [0.1, 0.15) is 53.1 Å². The van der Waals surface area contributed by atoms with Crippen LogP contribution in [0.5, 0.6) is 0 Å². The smallest absolute Gasteiger partial charge is 0.548 e. The van der Waals surface area contributed by atoms with Crippen molar-refractivity contribution in [2.75, 3.05) is 45.0 Å². The van der Waals surface area contributed by atoms with Gasteiger partial charge in [-0.2, -0.15) is 0 Å².